The van der Waals surface area contributed by atoms with Gasteiger partial charge in [0.1, 0.15) is 0 Å². The molecule has 0 fully saturated rings. The van der Waals surface area contributed by atoms with Crippen LogP contribution in [0.1, 0.15) is 28.9 Å². The van der Waals surface area contributed by atoms with E-state index in [0.717, 1.165) is 0 Å². The van der Waals surface area contributed by atoms with Crippen LogP contribution < -0.4 is 34.7 Å². The van der Waals surface area contributed by atoms with Crippen molar-refractivity contribution in [1.82, 2.24) is 0 Å². The molecule has 0 saturated carbocycles. The molecule has 2 aromatic rings. The molecular weight excluding hydrogens is 263 g/mol. The monoisotopic (exact) mass is 278 g/mol. The third kappa shape index (κ3) is 4.93. The average Bonchev–Trinajstić information content (AvgIpc) is 2.38. The first-order valence-corrected chi connectivity index (χ1v) is 5.55. The number of hydrogen-bond acceptors (Lipinski definition) is 3. The van der Waals surface area contributed by atoms with Gasteiger partial charge < -0.3 is 9.90 Å². The Bertz CT molecular complexity index is 579. The Kier molecular flexibility index (Phi) is 8.07. The van der Waals surface area contributed by atoms with Crippen LogP contribution in [0.5, 0.6) is 0 Å². The van der Waals surface area contributed by atoms with Crippen molar-refractivity contribution in [2.45, 2.75) is 13.8 Å². The Morgan fingerprint density at radius 1 is 0.900 bits per heavy atom. The summed E-state index contributed by atoms with van der Waals surface area (Å²) in [6.45, 7) is 0. The van der Waals surface area contributed by atoms with Gasteiger partial charge in [0.2, 0.25) is 0 Å². The zero-order valence-corrected chi connectivity index (χ0v) is 12.6. The minimum atomic E-state index is -1.15. The largest absolute Gasteiger partial charge is 1.00 e. The second-order valence-corrected chi connectivity index (χ2v) is 3.94. The maximum Gasteiger partial charge on any atom is 1.00 e. The van der Waals surface area contributed by atoms with Crippen LogP contribution in [0.15, 0.2) is 54.6 Å². The number of benzene rings is 2. The Morgan fingerprint density at radius 2 is 1.50 bits per heavy atom. The maximum absolute atomic E-state index is 12.1. The summed E-state index contributed by atoms with van der Waals surface area (Å²) in [5.74, 6) is -1.27. The summed E-state index contributed by atoms with van der Waals surface area (Å²) in [6, 6.07) is 15.5. The van der Waals surface area contributed by atoms with E-state index in [1.807, 2.05) is 6.07 Å². The zero-order chi connectivity index (χ0) is 13.0. The van der Waals surface area contributed by atoms with E-state index in [-0.39, 0.29) is 49.2 Å². The zero-order valence-electron chi connectivity index (χ0n) is 10.6. The van der Waals surface area contributed by atoms with E-state index < -0.39 is 5.97 Å². The number of carboxylic acid groups (broad SMARTS) is 1. The van der Waals surface area contributed by atoms with Crippen molar-refractivity contribution in [2.24, 2.45) is 0 Å². The van der Waals surface area contributed by atoms with Crippen LogP contribution >= 0.6 is 0 Å². The summed E-state index contributed by atoms with van der Waals surface area (Å²) >= 11 is 0. The molecule has 0 spiro atoms. The fraction of sp³-hybridized carbons (Fsp3) is 0.125. The predicted octanol–water partition coefficient (Wildman–Crippen LogP) is -1.15. The van der Waals surface area contributed by atoms with Gasteiger partial charge in [0.05, 0.1) is 0 Å². The molecule has 0 heterocycles. The molecule has 2 aromatic carbocycles. The molecule has 0 aliphatic carbocycles. The molecule has 0 N–H and O–H groups in total. The maximum atomic E-state index is 12.1. The first-order valence-electron chi connectivity index (χ1n) is 5.55. The van der Waals surface area contributed by atoms with Crippen molar-refractivity contribution in [3.63, 3.8) is 0 Å². The number of ketones is 1. The van der Waals surface area contributed by atoms with Gasteiger partial charge in [-0.05, 0) is 11.6 Å². The van der Waals surface area contributed by atoms with Gasteiger partial charge in [0.25, 0.3) is 0 Å². The van der Waals surface area contributed by atoms with E-state index in [1.54, 1.807) is 48.5 Å². The van der Waals surface area contributed by atoms with Gasteiger partial charge in [-0.3, -0.25) is 4.79 Å². The molecule has 3 nitrogen and oxygen atoms in total. The molecule has 2 rings (SSSR count). The Labute approximate surface area is 140 Å². The fourth-order valence-electron chi connectivity index (χ4n) is 1.75. The van der Waals surface area contributed by atoms with Crippen molar-refractivity contribution >= 4 is 11.8 Å². The van der Waals surface area contributed by atoms with Gasteiger partial charge in [-0.2, -0.15) is 0 Å². The second kappa shape index (κ2) is 8.69. The molecular formula is C16H15NaO3. The van der Waals surface area contributed by atoms with Crippen molar-refractivity contribution in [3.05, 3.63) is 71.3 Å². The topological polar surface area (TPSA) is 57.2 Å². The summed E-state index contributed by atoms with van der Waals surface area (Å²) in [7, 11) is 0. The number of rotatable bonds is 4. The molecule has 98 valence electrons. The van der Waals surface area contributed by atoms with E-state index >= 15 is 0 Å². The number of carbonyl (C=O) groups is 2. The number of carbonyl (C=O) groups excluding carboxylic acids is 2. The first kappa shape index (κ1) is 18.6. The van der Waals surface area contributed by atoms with Gasteiger partial charge in [-0.25, -0.2) is 0 Å². The molecule has 0 unspecified atom stereocenters. The quantitative estimate of drug-likeness (QED) is 0.524. The minimum Gasteiger partial charge on any atom is -0.550 e. The van der Waals surface area contributed by atoms with Crippen molar-refractivity contribution in [2.75, 3.05) is 0 Å². The van der Waals surface area contributed by atoms with Gasteiger partial charge in [-0.15, -0.1) is 0 Å². The minimum absolute atomic E-state index is 0. The van der Waals surface area contributed by atoms with Crippen LogP contribution in [0.3, 0.4) is 0 Å². The Hall–Kier alpha value is -1.42. The summed E-state index contributed by atoms with van der Waals surface area (Å²) in [6.07, 6.45) is -0.185. The molecule has 0 bridgehead atoms. The summed E-state index contributed by atoms with van der Waals surface area (Å²) in [5, 5.41) is 10.5. The van der Waals surface area contributed by atoms with Crippen molar-refractivity contribution in [1.29, 1.82) is 0 Å². The summed E-state index contributed by atoms with van der Waals surface area (Å²) < 4.78 is 0. The van der Waals surface area contributed by atoms with Crippen molar-refractivity contribution in [3.8, 4) is 0 Å². The van der Waals surface area contributed by atoms with Crippen LogP contribution in [-0.2, 0) is 11.2 Å². The second-order valence-electron chi connectivity index (χ2n) is 3.94. The molecule has 0 radical (unpaired) electrons. The number of hydrogen-bond donors (Lipinski definition) is 0. The van der Waals surface area contributed by atoms with Crippen LogP contribution in [0, 0.1) is 0 Å². The van der Waals surface area contributed by atoms with Crippen LogP contribution in [0.4, 0.5) is 0 Å². The Morgan fingerprint density at radius 3 is 2.10 bits per heavy atom. The molecule has 0 aromatic heterocycles. The van der Waals surface area contributed by atoms with Crippen LogP contribution in [0.25, 0.3) is 0 Å². The normalized spacial score (nSPS) is 9.00. The smallest absolute Gasteiger partial charge is 0.550 e. The van der Waals surface area contributed by atoms with Gasteiger partial charge >= 0.3 is 29.6 Å². The van der Waals surface area contributed by atoms with Gasteiger partial charge in [0, 0.05) is 23.5 Å². The van der Waals surface area contributed by atoms with E-state index in [1.165, 1.54) is 0 Å². The molecule has 0 saturated heterocycles. The van der Waals surface area contributed by atoms with E-state index in [2.05, 4.69) is 0 Å². The number of aliphatic carboxylic acids is 1. The van der Waals surface area contributed by atoms with E-state index in [0.29, 0.717) is 16.7 Å². The van der Waals surface area contributed by atoms with E-state index in [9.17, 15) is 14.7 Å². The first-order chi connectivity index (χ1) is 8.66. The molecule has 0 amide bonds. The third-order valence-electron chi connectivity index (χ3n) is 2.57. The molecule has 20 heavy (non-hydrogen) atoms. The van der Waals surface area contributed by atoms with E-state index in [4.69, 9.17) is 0 Å². The molecule has 0 aliphatic heterocycles. The van der Waals surface area contributed by atoms with Crippen molar-refractivity contribution < 1.29 is 44.3 Å². The summed E-state index contributed by atoms with van der Waals surface area (Å²) in [5.41, 5.74) is 1.64. The molecule has 0 aliphatic rings. The average molecular weight is 278 g/mol. The van der Waals surface area contributed by atoms with Crippen LogP contribution in [-0.4, -0.2) is 11.8 Å². The van der Waals surface area contributed by atoms with Crippen LogP contribution in [0.2, 0.25) is 0 Å². The third-order valence-corrected chi connectivity index (χ3v) is 2.57. The van der Waals surface area contributed by atoms with Gasteiger partial charge in [0.15, 0.2) is 5.78 Å². The summed E-state index contributed by atoms with van der Waals surface area (Å²) in [4.78, 5) is 22.6. The fourth-order valence-corrected chi connectivity index (χ4v) is 1.75. The number of carboxylic acids is 1. The van der Waals surface area contributed by atoms with Gasteiger partial charge in [-0.1, -0.05) is 56.0 Å². The predicted molar refractivity (Wildman–Crippen MR) is 71.8 cm³/mol. The standard InChI is InChI=1S/C15H12O3.CH4.Na/c16-14(17)10-11-5-4-8-13(9-11)15(18)12-6-2-1-3-7-12;;/h1-9H,10H2,(H,16,17);1H4;/q;;+1/p-1. The Balaban J connectivity index is 0.00000180. The molecule has 4 heteroatoms. The SMILES string of the molecule is C.O=C([O-])Cc1cccc(C(=O)c2ccccc2)c1.[Na+]. The molecule has 0 atom stereocenters.